The van der Waals surface area contributed by atoms with Crippen molar-refractivity contribution in [3.63, 3.8) is 0 Å². The first-order valence-corrected chi connectivity index (χ1v) is 8.21. The van der Waals surface area contributed by atoms with Gasteiger partial charge in [-0.3, -0.25) is 9.59 Å². The summed E-state index contributed by atoms with van der Waals surface area (Å²) < 4.78 is 5.20. The maximum Gasteiger partial charge on any atom is 0.251 e. The molecule has 0 unspecified atom stereocenters. The SMILES string of the molecule is CCOCCNC(=O)c1ccc(Nc2ccc(C=O)c(C)n2)c(C)c1. The molecule has 0 spiro atoms. The molecule has 0 saturated carbocycles. The van der Waals surface area contributed by atoms with Gasteiger partial charge in [0, 0.05) is 30.0 Å². The third-order valence-electron chi connectivity index (χ3n) is 3.74. The lowest BCUT2D eigenvalue weighted by Gasteiger charge is -2.12. The largest absolute Gasteiger partial charge is 0.380 e. The van der Waals surface area contributed by atoms with Crippen molar-refractivity contribution in [1.82, 2.24) is 10.3 Å². The summed E-state index contributed by atoms with van der Waals surface area (Å²) in [6, 6.07) is 8.91. The van der Waals surface area contributed by atoms with Gasteiger partial charge in [-0.25, -0.2) is 4.98 Å². The van der Waals surface area contributed by atoms with Gasteiger partial charge in [0.1, 0.15) is 5.82 Å². The Balaban J connectivity index is 2.05. The summed E-state index contributed by atoms with van der Waals surface area (Å²) in [6.07, 6.45) is 0.788. The van der Waals surface area contributed by atoms with Gasteiger partial charge >= 0.3 is 0 Å². The molecule has 25 heavy (non-hydrogen) atoms. The molecular formula is C19H23N3O3. The van der Waals surface area contributed by atoms with E-state index in [1.54, 1.807) is 25.1 Å². The smallest absolute Gasteiger partial charge is 0.251 e. The van der Waals surface area contributed by atoms with Gasteiger partial charge in [0.15, 0.2) is 6.29 Å². The van der Waals surface area contributed by atoms with Crippen LogP contribution in [0.3, 0.4) is 0 Å². The van der Waals surface area contributed by atoms with Crippen molar-refractivity contribution in [2.45, 2.75) is 20.8 Å². The Labute approximate surface area is 147 Å². The number of carbonyl (C=O) groups is 2. The first kappa shape index (κ1) is 18.6. The maximum atomic E-state index is 12.1. The van der Waals surface area contributed by atoms with E-state index in [9.17, 15) is 9.59 Å². The van der Waals surface area contributed by atoms with Crippen LogP contribution in [0.5, 0.6) is 0 Å². The first-order valence-electron chi connectivity index (χ1n) is 8.21. The van der Waals surface area contributed by atoms with Crippen LogP contribution in [-0.2, 0) is 4.74 Å². The minimum Gasteiger partial charge on any atom is -0.380 e. The van der Waals surface area contributed by atoms with Crippen LogP contribution in [0.25, 0.3) is 0 Å². The van der Waals surface area contributed by atoms with Gasteiger partial charge < -0.3 is 15.4 Å². The minimum absolute atomic E-state index is 0.126. The van der Waals surface area contributed by atoms with E-state index in [0.29, 0.717) is 42.4 Å². The van der Waals surface area contributed by atoms with Gasteiger partial charge in [-0.2, -0.15) is 0 Å². The highest BCUT2D eigenvalue weighted by Crippen LogP contribution is 2.21. The van der Waals surface area contributed by atoms with Crippen LogP contribution in [0, 0.1) is 13.8 Å². The number of nitrogens with zero attached hydrogens (tertiary/aromatic N) is 1. The number of benzene rings is 1. The van der Waals surface area contributed by atoms with Crippen molar-refractivity contribution in [3.8, 4) is 0 Å². The van der Waals surface area contributed by atoms with Crippen molar-refractivity contribution >= 4 is 23.7 Å². The zero-order valence-corrected chi connectivity index (χ0v) is 14.8. The average Bonchev–Trinajstić information content (AvgIpc) is 2.60. The second kappa shape index (κ2) is 8.94. The highest BCUT2D eigenvalue weighted by atomic mass is 16.5. The number of ether oxygens (including phenoxy) is 1. The summed E-state index contributed by atoms with van der Waals surface area (Å²) >= 11 is 0. The van der Waals surface area contributed by atoms with Gasteiger partial charge in [-0.1, -0.05) is 0 Å². The van der Waals surface area contributed by atoms with Gasteiger partial charge in [-0.15, -0.1) is 0 Å². The summed E-state index contributed by atoms with van der Waals surface area (Å²) in [4.78, 5) is 27.3. The molecule has 0 aliphatic rings. The number of aromatic nitrogens is 1. The standard InChI is InChI=1S/C19H23N3O3/c1-4-25-10-9-20-19(24)15-5-7-17(13(2)11-15)22-18-8-6-16(12-23)14(3)21-18/h5-8,11-12H,4,9-10H2,1-3H3,(H,20,24)(H,21,22). The van der Waals surface area contributed by atoms with E-state index in [2.05, 4.69) is 15.6 Å². The van der Waals surface area contributed by atoms with Crippen LogP contribution in [-0.4, -0.2) is 36.9 Å². The van der Waals surface area contributed by atoms with Gasteiger partial charge in [0.25, 0.3) is 5.91 Å². The van der Waals surface area contributed by atoms with E-state index in [1.165, 1.54) is 0 Å². The second-order valence-electron chi connectivity index (χ2n) is 5.60. The molecule has 0 fully saturated rings. The molecule has 6 nitrogen and oxygen atoms in total. The second-order valence-corrected chi connectivity index (χ2v) is 5.60. The van der Waals surface area contributed by atoms with Crippen molar-refractivity contribution in [2.24, 2.45) is 0 Å². The number of amides is 1. The third-order valence-corrected chi connectivity index (χ3v) is 3.74. The molecule has 1 heterocycles. The van der Waals surface area contributed by atoms with Gasteiger partial charge in [-0.05, 0) is 56.7 Å². The van der Waals surface area contributed by atoms with Crippen molar-refractivity contribution in [2.75, 3.05) is 25.1 Å². The predicted octanol–water partition coefficient (Wildman–Crippen LogP) is 3.02. The summed E-state index contributed by atoms with van der Waals surface area (Å²) in [5.74, 6) is 0.527. The molecule has 0 bridgehead atoms. The van der Waals surface area contributed by atoms with Crippen LogP contribution < -0.4 is 10.6 Å². The van der Waals surface area contributed by atoms with Crippen LogP contribution >= 0.6 is 0 Å². The molecule has 1 aromatic carbocycles. The number of aryl methyl sites for hydroxylation is 2. The molecule has 2 N–H and O–H groups in total. The van der Waals surface area contributed by atoms with E-state index in [-0.39, 0.29) is 5.91 Å². The molecule has 6 heteroatoms. The Hall–Kier alpha value is -2.73. The minimum atomic E-state index is -0.126. The van der Waals surface area contributed by atoms with E-state index in [0.717, 1.165) is 17.5 Å². The zero-order valence-electron chi connectivity index (χ0n) is 14.8. The number of anilines is 2. The Morgan fingerprint density at radius 3 is 2.68 bits per heavy atom. The lowest BCUT2D eigenvalue weighted by Crippen LogP contribution is -2.27. The fourth-order valence-electron chi connectivity index (χ4n) is 2.33. The molecule has 0 radical (unpaired) electrons. The fourth-order valence-corrected chi connectivity index (χ4v) is 2.33. The monoisotopic (exact) mass is 341 g/mol. The Morgan fingerprint density at radius 2 is 2.04 bits per heavy atom. The summed E-state index contributed by atoms with van der Waals surface area (Å²) in [7, 11) is 0. The fraction of sp³-hybridized carbons (Fsp3) is 0.316. The Kier molecular flexibility index (Phi) is 6.65. The molecule has 1 aromatic heterocycles. The summed E-state index contributed by atoms with van der Waals surface area (Å²) in [5, 5.41) is 6.03. The van der Waals surface area contributed by atoms with Crippen molar-refractivity contribution in [3.05, 3.63) is 52.7 Å². The van der Waals surface area contributed by atoms with Crippen LogP contribution in [0.2, 0.25) is 0 Å². The molecule has 0 aliphatic heterocycles. The molecule has 0 saturated heterocycles. The quantitative estimate of drug-likeness (QED) is 0.570. The van der Waals surface area contributed by atoms with Gasteiger partial charge in [0.05, 0.1) is 12.3 Å². The third kappa shape index (κ3) is 5.12. The summed E-state index contributed by atoms with van der Waals surface area (Å²) in [6.45, 7) is 7.25. The molecule has 0 atom stereocenters. The zero-order chi connectivity index (χ0) is 18.2. The molecule has 2 rings (SSSR count). The lowest BCUT2D eigenvalue weighted by molar-refractivity contribution is 0.0922. The molecule has 1 amide bonds. The van der Waals surface area contributed by atoms with Crippen LogP contribution in [0.4, 0.5) is 11.5 Å². The molecule has 2 aromatic rings. The lowest BCUT2D eigenvalue weighted by atomic mass is 10.1. The molecular weight excluding hydrogens is 318 g/mol. The van der Waals surface area contributed by atoms with E-state index < -0.39 is 0 Å². The topological polar surface area (TPSA) is 80.3 Å². The van der Waals surface area contributed by atoms with E-state index >= 15 is 0 Å². The highest BCUT2D eigenvalue weighted by molar-refractivity contribution is 5.95. The highest BCUT2D eigenvalue weighted by Gasteiger charge is 2.08. The predicted molar refractivity (Wildman–Crippen MR) is 97.6 cm³/mol. The number of rotatable bonds is 8. The number of hydrogen-bond donors (Lipinski definition) is 2. The van der Waals surface area contributed by atoms with Crippen LogP contribution in [0.1, 0.15) is 38.9 Å². The van der Waals surface area contributed by atoms with Gasteiger partial charge in [0.2, 0.25) is 0 Å². The number of carbonyl (C=O) groups excluding carboxylic acids is 2. The molecule has 132 valence electrons. The number of aldehydes is 1. The number of pyridine rings is 1. The maximum absolute atomic E-state index is 12.1. The Morgan fingerprint density at radius 1 is 1.24 bits per heavy atom. The van der Waals surface area contributed by atoms with E-state index in [4.69, 9.17) is 4.74 Å². The number of nitrogens with one attached hydrogen (secondary N) is 2. The average molecular weight is 341 g/mol. The first-order chi connectivity index (χ1) is 12.0. The molecule has 0 aliphatic carbocycles. The Bertz CT molecular complexity index is 760. The summed E-state index contributed by atoms with van der Waals surface area (Å²) in [5.41, 5.74) is 3.62. The normalized spacial score (nSPS) is 10.4. The van der Waals surface area contributed by atoms with Crippen molar-refractivity contribution in [1.29, 1.82) is 0 Å². The van der Waals surface area contributed by atoms with Crippen molar-refractivity contribution < 1.29 is 14.3 Å². The number of hydrogen-bond acceptors (Lipinski definition) is 5. The van der Waals surface area contributed by atoms with Crippen LogP contribution in [0.15, 0.2) is 30.3 Å². The van der Waals surface area contributed by atoms with E-state index in [1.807, 2.05) is 26.0 Å².